The fourth-order valence-electron chi connectivity index (χ4n) is 3.78. The number of carbonyl (C=O) groups excluding carboxylic acids is 2. The lowest BCUT2D eigenvalue weighted by molar-refractivity contribution is -0.119. The van der Waals surface area contributed by atoms with Crippen LogP contribution in [-0.2, 0) is 16.0 Å². The number of aromatic nitrogens is 1. The number of hydrogen-bond acceptors (Lipinski definition) is 4. The number of cyclic esters (lactones) is 1. The number of hydrogen-bond donors (Lipinski definition) is 0. The highest BCUT2D eigenvalue weighted by molar-refractivity contribution is 5.94. The summed E-state index contributed by atoms with van der Waals surface area (Å²) in [6, 6.07) is 5.55. The van der Waals surface area contributed by atoms with Gasteiger partial charge in [0.1, 0.15) is 17.7 Å². The van der Waals surface area contributed by atoms with E-state index in [0.717, 1.165) is 5.56 Å². The van der Waals surface area contributed by atoms with Gasteiger partial charge in [0, 0.05) is 43.4 Å². The number of pyridine rings is 1. The van der Waals surface area contributed by atoms with Crippen molar-refractivity contribution in [2.45, 2.75) is 44.8 Å². The molecule has 2 aliphatic heterocycles. The van der Waals surface area contributed by atoms with Gasteiger partial charge in [0.25, 0.3) is 0 Å². The smallest absolute Gasteiger partial charge is 0.415 e. The Kier molecular flexibility index (Phi) is 4.30. The number of nitrogens with zero attached hydrogens (tertiary/aromatic N) is 2. The SMILES string of the molecule is CCC(=O)CC[C@@H]1OC(=O)N2c3cc(F)c(-n4ccc(=O)cc4)cc3C[C@@H]12. The van der Waals surface area contributed by atoms with Gasteiger partial charge in [-0.05, 0) is 24.5 Å². The van der Waals surface area contributed by atoms with Crippen molar-refractivity contribution in [3.05, 3.63) is 58.3 Å². The van der Waals surface area contributed by atoms with Gasteiger partial charge >= 0.3 is 6.09 Å². The first kappa shape index (κ1) is 17.5. The molecule has 0 N–H and O–H groups in total. The van der Waals surface area contributed by atoms with Crippen molar-refractivity contribution in [3.8, 4) is 5.69 Å². The molecule has 0 radical (unpaired) electrons. The molecule has 2 aliphatic rings. The van der Waals surface area contributed by atoms with E-state index < -0.39 is 11.9 Å². The van der Waals surface area contributed by atoms with Gasteiger partial charge < -0.3 is 9.30 Å². The van der Waals surface area contributed by atoms with Gasteiger partial charge in [0.05, 0.1) is 17.4 Å². The van der Waals surface area contributed by atoms with E-state index in [9.17, 15) is 18.8 Å². The van der Waals surface area contributed by atoms with E-state index in [1.807, 2.05) is 6.92 Å². The van der Waals surface area contributed by atoms with Crippen molar-refractivity contribution >= 4 is 17.6 Å². The molecule has 1 aromatic heterocycles. The van der Waals surface area contributed by atoms with Gasteiger partial charge in [-0.2, -0.15) is 0 Å². The van der Waals surface area contributed by atoms with E-state index in [0.29, 0.717) is 37.1 Å². The average molecular weight is 370 g/mol. The third kappa shape index (κ3) is 3.03. The van der Waals surface area contributed by atoms with E-state index in [1.165, 1.54) is 40.1 Å². The lowest BCUT2D eigenvalue weighted by Crippen LogP contribution is -2.33. The van der Waals surface area contributed by atoms with Crippen LogP contribution in [-0.4, -0.2) is 28.6 Å². The molecule has 1 aromatic carbocycles. The molecule has 0 aliphatic carbocycles. The van der Waals surface area contributed by atoms with Crippen molar-refractivity contribution in [3.63, 3.8) is 0 Å². The first-order valence-electron chi connectivity index (χ1n) is 9.00. The standard InChI is InChI=1S/C20H19FN2O4/c1-2-13(24)3-4-19-18-10-12-9-17(22-7-5-14(25)6-8-22)15(21)11-16(12)23(18)20(26)27-19/h5-9,11,18-19H,2-4,10H2,1H3/t18-,19-/m0/s1. The molecule has 2 atom stereocenters. The second-order valence-electron chi connectivity index (χ2n) is 6.87. The molecule has 1 fully saturated rings. The zero-order valence-corrected chi connectivity index (χ0v) is 14.9. The molecule has 6 nitrogen and oxygen atoms in total. The van der Waals surface area contributed by atoms with Crippen LogP contribution in [0.4, 0.5) is 14.9 Å². The third-order valence-electron chi connectivity index (χ3n) is 5.23. The topological polar surface area (TPSA) is 68.6 Å². The van der Waals surface area contributed by atoms with Crippen LogP contribution in [0.1, 0.15) is 31.7 Å². The van der Waals surface area contributed by atoms with Crippen LogP contribution in [0.25, 0.3) is 5.69 Å². The minimum atomic E-state index is -0.497. The van der Waals surface area contributed by atoms with Gasteiger partial charge in [-0.15, -0.1) is 0 Å². The monoisotopic (exact) mass is 370 g/mol. The van der Waals surface area contributed by atoms with Gasteiger partial charge in [-0.25, -0.2) is 9.18 Å². The summed E-state index contributed by atoms with van der Waals surface area (Å²) in [6.45, 7) is 1.81. The normalized spacial score (nSPS) is 20.4. The molecule has 0 unspecified atom stereocenters. The number of fused-ring (bicyclic) bond motifs is 3. The van der Waals surface area contributed by atoms with E-state index in [2.05, 4.69) is 0 Å². The highest BCUT2D eigenvalue weighted by Crippen LogP contribution is 2.41. The molecule has 7 heteroatoms. The summed E-state index contributed by atoms with van der Waals surface area (Å²) >= 11 is 0. The van der Waals surface area contributed by atoms with E-state index in [1.54, 1.807) is 6.07 Å². The Morgan fingerprint density at radius 1 is 1.22 bits per heavy atom. The number of ketones is 1. The summed E-state index contributed by atoms with van der Waals surface area (Å²) in [4.78, 5) is 36.7. The van der Waals surface area contributed by atoms with Crippen LogP contribution in [0, 0.1) is 5.82 Å². The number of benzene rings is 1. The fourth-order valence-corrected chi connectivity index (χ4v) is 3.78. The lowest BCUT2D eigenvalue weighted by atomic mass is 10.0. The van der Waals surface area contributed by atoms with Crippen LogP contribution in [0.5, 0.6) is 0 Å². The number of Topliss-reactive ketones (excluding diaryl/α,β-unsaturated/α-hetero) is 1. The lowest BCUT2D eigenvalue weighted by Gasteiger charge is -2.16. The minimum Gasteiger partial charge on any atom is -0.444 e. The molecule has 1 saturated heterocycles. The number of amides is 1. The number of anilines is 1. The van der Waals surface area contributed by atoms with Gasteiger partial charge in [0.2, 0.25) is 0 Å². The summed E-state index contributed by atoms with van der Waals surface area (Å²) in [6.07, 6.45) is 3.99. The fraction of sp³-hybridized carbons (Fsp3) is 0.350. The summed E-state index contributed by atoms with van der Waals surface area (Å²) in [5.41, 5.74) is 1.52. The maximum Gasteiger partial charge on any atom is 0.415 e. The van der Waals surface area contributed by atoms with Crippen LogP contribution < -0.4 is 10.3 Å². The number of halogens is 1. The highest BCUT2D eigenvalue weighted by Gasteiger charge is 2.47. The quantitative estimate of drug-likeness (QED) is 0.811. The zero-order valence-electron chi connectivity index (χ0n) is 14.9. The molecule has 27 heavy (non-hydrogen) atoms. The highest BCUT2D eigenvalue weighted by atomic mass is 19.1. The molecule has 0 bridgehead atoms. The predicted octanol–water partition coefficient (Wildman–Crippen LogP) is 2.99. The second kappa shape index (κ2) is 6.64. The van der Waals surface area contributed by atoms with Crippen molar-refractivity contribution in [2.24, 2.45) is 0 Å². The molecule has 140 valence electrons. The second-order valence-corrected chi connectivity index (χ2v) is 6.87. The maximum absolute atomic E-state index is 14.7. The Morgan fingerprint density at radius 2 is 1.96 bits per heavy atom. The van der Waals surface area contributed by atoms with E-state index in [4.69, 9.17) is 4.74 Å². The molecular formula is C20H19FN2O4. The molecule has 2 aromatic rings. The maximum atomic E-state index is 14.7. The zero-order chi connectivity index (χ0) is 19.1. The number of ether oxygens (including phenoxy) is 1. The van der Waals surface area contributed by atoms with Gasteiger partial charge in [-0.3, -0.25) is 14.5 Å². The minimum absolute atomic E-state index is 0.131. The Morgan fingerprint density at radius 3 is 2.67 bits per heavy atom. The Bertz CT molecular complexity index is 964. The largest absolute Gasteiger partial charge is 0.444 e. The molecule has 0 saturated carbocycles. The van der Waals surface area contributed by atoms with Crippen LogP contribution in [0.3, 0.4) is 0 Å². The predicted molar refractivity (Wildman–Crippen MR) is 96.8 cm³/mol. The average Bonchev–Trinajstić information content (AvgIpc) is 3.17. The number of carbonyl (C=O) groups is 2. The molecule has 4 rings (SSSR count). The molecular weight excluding hydrogens is 351 g/mol. The Labute approximate surface area is 155 Å². The molecule has 1 amide bonds. The number of rotatable bonds is 5. The summed E-state index contributed by atoms with van der Waals surface area (Å²) in [5.74, 6) is -0.359. The van der Waals surface area contributed by atoms with Gasteiger partial charge in [-0.1, -0.05) is 6.92 Å². The van der Waals surface area contributed by atoms with E-state index in [-0.39, 0.29) is 23.4 Å². The van der Waals surface area contributed by atoms with Crippen LogP contribution in [0.15, 0.2) is 41.5 Å². The van der Waals surface area contributed by atoms with Crippen molar-refractivity contribution in [2.75, 3.05) is 4.90 Å². The molecule has 3 heterocycles. The van der Waals surface area contributed by atoms with E-state index >= 15 is 0 Å². The van der Waals surface area contributed by atoms with Crippen LogP contribution >= 0.6 is 0 Å². The first-order chi connectivity index (χ1) is 13.0. The summed E-state index contributed by atoms with van der Waals surface area (Å²) in [5, 5.41) is 0. The van der Waals surface area contributed by atoms with Crippen molar-refractivity contribution in [1.82, 2.24) is 4.57 Å². The summed E-state index contributed by atoms with van der Waals surface area (Å²) < 4.78 is 21.6. The van der Waals surface area contributed by atoms with Gasteiger partial charge in [0.15, 0.2) is 5.43 Å². The van der Waals surface area contributed by atoms with Crippen molar-refractivity contribution < 1.29 is 18.7 Å². The Balaban J connectivity index is 1.63. The molecule has 0 spiro atoms. The first-order valence-corrected chi connectivity index (χ1v) is 9.00. The summed E-state index contributed by atoms with van der Waals surface area (Å²) in [7, 11) is 0. The van der Waals surface area contributed by atoms with Crippen molar-refractivity contribution in [1.29, 1.82) is 0 Å². The Hall–Kier alpha value is -2.96. The third-order valence-corrected chi connectivity index (χ3v) is 5.23. The van der Waals surface area contributed by atoms with Crippen LogP contribution in [0.2, 0.25) is 0 Å².